The molecule has 1 aromatic heterocycles. The molecule has 3 heterocycles. The van der Waals surface area contributed by atoms with Gasteiger partial charge in [0.05, 0.1) is 28.8 Å². The van der Waals surface area contributed by atoms with E-state index in [1.54, 1.807) is 6.07 Å². The Morgan fingerprint density at radius 2 is 1.55 bits per heavy atom. The first kappa shape index (κ1) is 24.0. The van der Waals surface area contributed by atoms with Gasteiger partial charge in [-0.2, -0.15) is 5.10 Å². The minimum atomic E-state index is -0.506. The van der Waals surface area contributed by atoms with Crippen molar-refractivity contribution in [3.63, 3.8) is 0 Å². The molecule has 0 saturated heterocycles. The Bertz CT molecular complexity index is 1830. The van der Waals surface area contributed by atoms with Gasteiger partial charge in [0.15, 0.2) is 17.5 Å². The first-order valence-electron chi connectivity index (χ1n) is 13.3. The predicted octanol–water partition coefficient (Wildman–Crippen LogP) is 7.73. The second-order valence-electron chi connectivity index (χ2n) is 10.2. The highest BCUT2D eigenvalue weighted by molar-refractivity contribution is 6.51. The van der Waals surface area contributed by atoms with Crippen LogP contribution in [0.15, 0.2) is 107 Å². The van der Waals surface area contributed by atoms with Gasteiger partial charge in [0.1, 0.15) is 5.82 Å². The molecule has 2 aliphatic rings. The minimum absolute atomic E-state index is 0.282. The van der Waals surface area contributed by atoms with Crippen LogP contribution >= 0.6 is 0 Å². The van der Waals surface area contributed by atoms with Gasteiger partial charge in [0.2, 0.25) is 0 Å². The molecule has 1 N–H and O–H groups in total. The summed E-state index contributed by atoms with van der Waals surface area (Å²) in [6.45, 7) is 6.07. The van der Waals surface area contributed by atoms with E-state index in [0.717, 1.165) is 45.1 Å². The van der Waals surface area contributed by atoms with Crippen LogP contribution in [0.3, 0.4) is 0 Å². The van der Waals surface area contributed by atoms with Crippen LogP contribution in [0.25, 0.3) is 5.69 Å². The Morgan fingerprint density at radius 1 is 0.775 bits per heavy atom. The second-order valence-corrected chi connectivity index (χ2v) is 10.2. The van der Waals surface area contributed by atoms with Crippen LogP contribution in [0.4, 0.5) is 27.3 Å². The third-order valence-electron chi connectivity index (χ3n) is 7.40. The fraction of sp³-hybridized carbons (Fsp3) is 0.121. The van der Waals surface area contributed by atoms with Gasteiger partial charge in [0.25, 0.3) is 0 Å². The number of fused-ring (bicyclic) bond motifs is 4. The van der Waals surface area contributed by atoms with Crippen LogP contribution in [0, 0.1) is 26.6 Å². The molecule has 0 aliphatic carbocycles. The van der Waals surface area contributed by atoms with Crippen LogP contribution in [-0.4, -0.2) is 21.5 Å². The SMILES string of the molecule is Cc1ccc(-n2nc(C)c3c2N=C2C(Nc4cccc(C)c4)=Nc4ccccc4N2[C@@H]3c2ccccc2F)cc1. The fourth-order valence-corrected chi connectivity index (χ4v) is 5.51. The quantitative estimate of drug-likeness (QED) is 0.262. The molecule has 6 nitrogen and oxygen atoms in total. The molecule has 7 heteroatoms. The molecule has 196 valence electrons. The Balaban J connectivity index is 1.51. The van der Waals surface area contributed by atoms with E-state index in [4.69, 9.17) is 15.1 Å². The van der Waals surface area contributed by atoms with Crippen LogP contribution in [0.5, 0.6) is 0 Å². The summed E-state index contributed by atoms with van der Waals surface area (Å²) in [5.74, 6) is 1.58. The van der Waals surface area contributed by atoms with Gasteiger partial charge in [0, 0.05) is 16.8 Å². The monoisotopic (exact) mass is 526 g/mol. The zero-order valence-electron chi connectivity index (χ0n) is 22.4. The zero-order chi connectivity index (χ0) is 27.4. The van der Waals surface area contributed by atoms with Gasteiger partial charge in [-0.25, -0.2) is 19.1 Å². The molecule has 4 aromatic carbocycles. The van der Waals surface area contributed by atoms with Crippen molar-refractivity contribution in [3.8, 4) is 5.69 Å². The van der Waals surface area contributed by atoms with Gasteiger partial charge < -0.3 is 10.2 Å². The number of halogens is 1. The number of aryl methyl sites for hydroxylation is 3. The van der Waals surface area contributed by atoms with E-state index in [1.165, 1.54) is 6.07 Å². The lowest BCUT2D eigenvalue weighted by molar-refractivity contribution is 0.597. The van der Waals surface area contributed by atoms with Gasteiger partial charge >= 0.3 is 0 Å². The number of nitrogens with one attached hydrogen (secondary N) is 1. The number of benzene rings is 4. The van der Waals surface area contributed by atoms with E-state index in [0.29, 0.717) is 23.1 Å². The molecule has 0 bridgehead atoms. The third-order valence-corrected chi connectivity index (χ3v) is 7.40. The lowest BCUT2D eigenvalue weighted by Crippen LogP contribution is -2.46. The van der Waals surface area contributed by atoms with Crippen molar-refractivity contribution >= 4 is 34.6 Å². The van der Waals surface area contributed by atoms with E-state index in [9.17, 15) is 0 Å². The lowest BCUT2D eigenvalue weighted by Gasteiger charge is -2.40. The predicted molar refractivity (Wildman–Crippen MR) is 159 cm³/mol. The smallest absolute Gasteiger partial charge is 0.179 e. The van der Waals surface area contributed by atoms with Crippen molar-refractivity contribution < 1.29 is 4.39 Å². The fourth-order valence-electron chi connectivity index (χ4n) is 5.51. The number of hydrogen-bond donors (Lipinski definition) is 1. The van der Waals surface area contributed by atoms with E-state index >= 15 is 4.39 Å². The molecule has 0 spiro atoms. The number of nitrogens with zero attached hydrogens (tertiary/aromatic N) is 5. The normalized spacial score (nSPS) is 15.5. The molecular weight excluding hydrogens is 499 g/mol. The molecular formula is C33H27FN6. The van der Waals surface area contributed by atoms with Crippen LogP contribution in [-0.2, 0) is 0 Å². The number of rotatable bonds is 3. The summed E-state index contributed by atoms with van der Waals surface area (Å²) >= 11 is 0. The zero-order valence-corrected chi connectivity index (χ0v) is 22.4. The maximum Gasteiger partial charge on any atom is 0.179 e. The van der Waals surface area contributed by atoms with Crippen molar-refractivity contribution in [3.05, 3.63) is 131 Å². The van der Waals surface area contributed by atoms with Crippen molar-refractivity contribution in [1.82, 2.24) is 9.78 Å². The summed E-state index contributed by atoms with van der Waals surface area (Å²) in [5, 5.41) is 8.44. The first-order chi connectivity index (χ1) is 19.5. The number of para-hydroxylation sites is 2. The van der Waals surface area contributed by atoms with Crippen LogP contribution in [0.1, 0.15) is 34.0 Å². The largest absolute Gasteiger partial charge is 0.337 e. The van der Waals surface area contributed by atoms with Crippen LogP contribution in [0.2, 0.25) is 0 Å². The number of amidine groups is 2. The third kappa shape index (κ3) is 3.90. The summed E-state index contributed by atoms with van der Waals surface area (Å²) in [5.41, 5.74) is 7.92. The lowest BCUT2D eigenvalue weighted by atomic mass is 9.93. The summed E-state index contributed by atoms with van der Waals surface area (Å²) in [6, 6.07) is 30.7. The molecule has 2 aliphatic heterocycles. The molecule has 0 unspecified atom stereocenters. The minimum Gasteiger partial charge on any atom is -0.337 e. The van der Waals surface area contributed by atoms with Gasteiger partial charge in [-0.3, -0.25) is 0 Å². The van der Waals surface area contributed by atoms with E-state index in [1.807, 2.05) is 72.3 Å². The molecule has 1 atom stereocenters. The van der Waals surface area contributed by atoms with E-state index in [2.05, 4.69) is 48.3 Å². The molecule has 0 amide bonds. The van der Waals surface area contributed by atoms with Gasteiger partial charge in [-0.1, -0.05) is 60.2 Å². The number of hydrogen-bond acceptors (Lipinski definition) is 5. The Kier molecular flexibility index (Phi) is 5.59. The first-order valence-corrected chi connectivity index (χ1v) is 13.3. The molecule has 7 rings (SSSR count). The number of aliphatic imine (C=N–C) groups is 2. The topological polar surface area (TPSA) is 57.8 Å². The van der Waals surface area contributed by atoms with Crippen molar-refractivity contribution in [1.29, 1.82) is 0 Å². The van der Waals surface area contributed by atoms with Crippen molar-refractivity contribution in [2.75, 3.05) is 10.2 Å². The number of anilines is 2. The van der Waals surface area contributed by atoms with Gasteiger partial charge in [-0.05, 0) is 68.8 Å². The molecule has 0 fully saturated rings. The highest BCUT2D eigenvalue weighted by atomic mass is 19.1. The molecule has 0 saturated carbocycles. The van der Waals surface area contributed by atoms with E-state index in [-0.39, 0.29) is 5.82 Å². The maximum atomic E-state index is 15.7. The average molecular weight is 527 g/mol. The Labute approximate surface area is 232 Å². The average Bonchev–Trinajstić information content (AvgIpc) is 3.29. The summed E-state index contributed by atoms with van der Waals surface area (Å²) in [6.07, 6.45) is 0. The number of aromatic nitrogens is 2. The van der Waals surface area contributed by atoms with E-state index < -0.39 is 6.04 Å². The highest BCUT2D eigenvalue weighted by Crippen LogP contribution is 2.48. The Morgan fingerprint density at radius 3 is 2.35 bits per heavy atom. The van der Waals surface area contributed by atoms with Crippen molar-refractivity contribution in [2.24, 2.45) is 9.98 Å². The summed E-state index contributed by atoms with van der Waals surface area (Å²) in [7, 11) is 0. The maximum absolute atomic E-state index is 15.7. The molecule has 0 radical (unpaired) electrons. The Hall–Kier alpha value is -5.04. The molecule has 40 heavy (non-hydrogen) atoms. The standard InChI is InChI=1S/C33H27FN6/c1-20-15-17-24(18-16-20)40-32-29(22(3)38-40)30(25-11-4-5-12-26(25)34)39-28-14-7-6-13-27(28)36-31(33(39)37-32)35-23-10-8-9-21(2)19-23/h4-19,30H,1-3H3,(H,35,36)/t30-/m1/s1. The highest BCUT2D eigenvalue weighted by Gasteiger charge is 2.42. The van der Waals surface area contributed by atoms with Gasteiger partial charge in [-0.15, -0.1) is 0 Å². The van der Waals surface area contributed by atoms with Crippen molar-refractivity contribution in [2.45, 2.75) is 26.8 Å². The summed E-state index contributed by atoms with van der Waals surface area (Å²) in [4.78, 5) is 12.3. The van der Waals surface area contributed by atoms with Crippen LogP contribution < -0.4 is 10.2 Å². The molecule has 5 aromatic rings. The second kappa shape index (κ2) is 9.31. The summed E-state index contributed by atoms with van der Waals surface area (Å²) < 4.78 is 17.5.